The van der Waals surface area contributed by atoms with Crippen molar-refractivity contribution in [2.45, 2.75) is 38.0 Å². The molecule has 1 fully saturated rings. The molecule has 1 amide bonds. The van der Waals surface area contributed by atoms with Crippen LogP contribution in [0.3, 0.4) is 0 Å². The molecule has 1 saturated heterocycles. The summed E-state index contributed by atoms with van der Waals surface area (Å²) in [6, 6.07) is 0. The van der Waals surface area contributed by atoms with Crippen LogP contribution >= 0.6 is 8.25 Å². The molecule has 0 bridgehead atoms. The number of hydrogen-bond acceptors (Lipinski definition) is 8. The van der Waals surface area contributed by atoms with Gasteiger partial charge in [-0.2, -0.15) is 13.2 Å². The summed E-state index contributed by atoms with van der Waals surface area (Å²) in [6.07, 6.45) is -7.23. The molecule has 176 valence electrons. The van der Waals surface area contributed by atoms with E-state index < -0.39 is 69.1 Å². The summed E-state index contributed by atoms with van der Waals surface area (Å²) in [5, 5.41) is 1.50. The Balaban J connectivity index is 2.21. The van der Waals surface area contributed by atoms with Crippen LogP contribution in [-0.2, 0) is 28.2 Å². The van der Waals surface area contributed by atoms with Crippen LogP contribution in [0.2, 0.25) is 0 Å². The molecule has 1 aromatic heterocycles. The van der Waals surface area contributed by atoms with Crippen LogP contribution in [0.5, 0.6) is 0 Å². The Morgan fingerprint density at radius 3 is 2.72 bits per heavy atom. The van der Waals surface area contributed by atoms with Gasteiger partial charge in [-0.15, -0.1) is 0 Å². The fourth-order valence-electron chi connectivity index (χ4n) is 2.66. The van der Waals surface area contributed by atoms with Crippen molar-refractivity contribution in [2.75, 3.05) is 13.2 Å². The zero-order chi connectivity index (χ0) is 24.1. The van der Waals surface area contributed by atoms with Gasteiger partial charge in [-0.25, -0.2) is 4.79 Å². The lowest BCUT2D eigenvalue weighted by molar-refractivity contribution is -0.173. The predicted molar refractivity (Wildman–Crippen MR) is 98.5 cm³/mol. The van der Waals surface area contributed by atoms with E-state index in [1.165, 1.54) is 5.32 Å². The Bertz CT molecular complexity index is 1070. The third-order valence-corrected chi connectivity index (χ3v) is 4.38. The number of hydrogen-bond donors (Lipinski definition) is 3. The van der Waals surface area contributed by atoms with Crippen molar-refractivity contribution < 1.29 is 46.2 Å². The maximum Gasteiger partial charge on any atom is 0.471 e. The van der Waals surface area contributed by atoms with Crippen LogP contribution in [0.25, 0.3) is 0 Å². The number of alkyl halides is 3. The second-order valence-corrected chi connectivity index (χ2v) is 7.10. The Kier molecular flexibility index (Phi) is 8.39. The molecule has 3 N–H and O–H groups in total. The van der Waals surface area contributed by atoms with Crippen molar-refractivity contribution in [3.8, 4) is 11.8 Å². The molecule has 1 aliphatic rings. The SMILES string of the molecule is CC(=O)O[C@@H]1C[C@H](n2cc(C#CCNC(=O)C(F)(F)F)c(=O)[nH]c2=O)O[C@@H]1CO[PH](=O)O. The minimum absolute atomic E-state index is 0.0829. The topological polar surface area (TPSA) is 166 Å². The number of carbonyl (C=O) groups is 2. The molecule has 1 aliphatic heterocycles. The van der Waals surface area contributed by atoms with Crippen LogP contribution in [0, 0.1) is 11.8 Å². The second kappa shape index (κ2) is 10.6. The summed E-state index contributed by atoms with van der Waals surface area (Å²) in [4.78, 5) is 56.9. The van der Waals surface area contributed by atoms with Crippen LogP contribution in [-0.4, -0.2) is 57.9 Å². The standard InChI is InChI=1S/C16H17F3N3O9P/c1-8(23)30-10-5-12(31-11(10)7-29-32(27)28)22-6-9(13(24)21-15(22)26)3-2-4-20-14(25)16(17,18)19/h6,10-12,32H,4-5,7H2,1H3,(H,20,25)(H,27,28)(H,21,24,26)/t10-,11-,12-/m1/s1. The van der Waals surface area contributed by atoms with E-state index in [1.807, 2.05) is 4.98 Å². The first-order valence-electron chi connectivity index (χ1n) is 8.76. The summed E-state index contributed by atoms with van der Waals surface area (Å²) in [5.74, 6) is 1.50. The summed E-state index contributed by atoms with van der Waals surface area (Å²) in [5.41, 5.74) is -2.18. The van der Waals surface area contributed by atoms with Gasteiger partial charge in [0, 0.05) is 19.5 Å². The number of halogens is 3. The quantitative estimate of drug-likeness (QED) is 0.266. The van der Waals surface area contributed by atoms with Gasteiger partial charge in [0.25, 0.3) is 5.56 Å². The van der Waals surface area contributed by atoms with Crippen molar-refractivity contribution in [2.24, 2.45) is 0 Å². The van der Waals surface area contributed by atoms with Crippen LogP contribution in [0.1, 0.15) is 25.1 Å². The lowest BCUT2D eigenvalue weighted by Crippen LogP contribution is -2.37. The lowest BCUT2D eigenvalue weighted by Gasteiger charge is -2.17. The monoisotopic (exact) mass is 483 g/mol. The second-order valence-electron chi connectivity index (χ2n) is 6.28. The average Bonchev–Trinajstić information content (AvgIpc) is 3.05. The van der Waals surface area contributed by atoms with Crippen LogP contribution in [0.15, 0.2) is 15.8 Å². The third-order valence-electron chi connectivity index (χ3n) is 3.96. The lowest BCUT2D eigenvalue weighted by atomic mass is 10.2. The van der Waals surface area contributed by atoms with Gasteiger partial charge in [0.1, 0.15) is 24.0 Å². The molecule has 16 heteroatoms. The Hall–Kier alpha value is -2.92. The minimum atomic E-state index is -5.09. The Morgan fingerprint density at radius 1 is 1.44 bits per heavy atom. The number of H-pyrrole nitrogens is 1. The van der Waals surface area contributed by atoms with E-state index in [4.69, 9.17) is 14.4 Å². The number of ether oxygens (including phenoxy) is 2. The first-order valence-corrected chi connectivity index (χ1v) is 10.0. The van der Waals surface area contributed by atoms with E-state index in [2.05, 4.69) is 16.4 Å². The molecule has 1 unspecified atom stereocenters. The van der Waals surface area contributed by atoms with Crippen LogP contribution < -0.4 is 16.6 Å². The van der Waals surface area contributed by atoms with Gasteiger partial charge in [0.15, 0.2) is 0 Å². The number of aromatic nitrogens is 2. The van der Waals surface area contributed by atoms with Crippen molar-refractivity contribution in [1.82, 2.24) is 14.9 Å². The van der Waals surface area contributed by atoms with Crippen molar-refractivity contribution in [3.63, 3.8) is 0 Å². The van der Waals surface area contributed by atoms with E-state index >= 15 is 0 Å². The number of carbonyl (C=O) groups excluding carboxylic acids is 2. The Labute approximate surface area is 177 Å². The minimum Gasteiger partial charge on any atom is -0.460 e. The number of aromatic amines is 1. The fourth-order valence-corrected chi connectivity index (χ4v) is 2.97. The van der Waals surface area contributed by atoms with Crippen molar-refractivity contribution in [1.29, 1.82) is 0 Å². The van der Waals surface area contributed by atoms with Gasteiger partial charge in [-0.3, -0.25) is 28.5 Å². The maximum absolute atomic E-state index is 12.2. The normalized spacial score (nSPS) is 21.3. The average molecular weight is 483 g/mol. The van der Waals surface area contributed by atoms with E-state index in [1.54, 1.807) is 0 Å². The van der Waals surface area contributed by atoms with Gasteiger partial charge in [-0.05, 0) is 0 Å². The highest BCUT2D eigenvalue weighted by molar-refractivity contribution is 7.32. The molecule has 12 nitrogen and oxygen atoms in total. The molecule has 0 saturated carbocycles. The number of amides is 1. The van der Waals surface area contributed by atoms with Gasteiger partial charge >= 0.3 is 32.0 Å². The molecule has 0 spiro atoms. The fraction of sp³-hybridized carbons (Fsp3) is 0.500. The molecule has 0 aromatic carbocycles. The number of nitrogens with zero attached hydrogens (tertiary/aromatic N) is 1. The van der Waals surface area contributed by atoms with Gasteiger partial charge < -0.3 is 24.2 Å². The van der Waals surface area contributed by atoms with Gasteiger partial charge in [0.05, 0.1) is 13.2 Å². The van der Waals surface area contributed by atoms with E-state index in [0.29, 0.717) is 0 Å². The number of esters is 1. The smallest absolute Gasteiger partial charge is 0.460 e. The Morgan fingerprint density at radius 2 is 2.12 bits per heavy atom. The molecular weight excluding hydrogens is 466 g/mol. The summed E-state index contributed by atoms with van der Waals surface area (Å²) < 4.78 is 63.3. The van der Waals surface area contributed by atoms with Crippen molar-refractivity contribution in [3.05, 3.63) is 32.6 Å². The highest BCUT2D eigenvalue weighted by Gasteiger charge is 2.40. The molecule has 1 aromatic rings. The van der Waals surface area contributed by atoms with E-state index in [0.717, 1.165) is 17.7 Å². The number of nitrogens with one attached hydrogen (secondary N) is 2. The molecule has 2 rings (SSSR count). The predicted octanol–water partition coefficient (Wildman–Crippen LogP) is -0.816. The molecule has 0 aliphatic carbocycles. The third kappa shape index (κ3) is 7.06. The first kappa shape index (κ1) is 25.3. The van der Waals surface area contributed by atoms with Gasteiger partial charge in [-0.1, -0.05) is 11.8 Å². The largest absolute Gasteiger partial charge is 0.471 e. The highest BCUT2D eigenvalue weighted by Crippen LogP contribution is 2.31. The summed E-state index contributed by atoms with van der Waals surface area (Å²) in [7, 11) is -3.31. The van der Waals surface area contributed by atoms with Crippen molar-refractivity contribution >= 4 is 20.1 Å². The van der Waals surface area contributed by atoms with Crippen LogP contribution in [0.4, 0.5) is 13.2 Å². The number of rotatable bonds is 6. The van der Waals surface area contributed by atoms with Gasteiger partial charge in [0.2, 0.25) is 0 Å². The summed E-state index contributed by atoms with van der Waals surface area (Å²) >= 11 is 0. The molecule has 4 atom stereocenters. The first-order chi connectivity index (χ1) is 14.9. The molecular formula is C16H17F3N3O9P. The zero-order valence-electron chi connectivity index (χ0n) is 16.2. The molecule has 2 heterocycles. The summed E-state index contributed by atoms with van der Waals surface area (Å²) in [6.45, 7) is -0.0187. The molecule has 0 radical (unpaired) electrons. The zero-order valence-corrected chi connectivity index (χ0v) is 17.2. The van der Waals surface area contributed by atoms with E-state index in [-0.39, 0.29) is 12.0 Å². The maximum atomic E-state index is 12.2. The molecule has 32 heavy (non-hydrogen) atoms. The highest BCUT2D eigenvalue weighted by atomic mass is 31.1. The van der Waals surface area contributed by atoms with E-state index in [9.17, 15) is 36.9 Å².